The highest BCUT2D eigenvalue weighted by Crippen LogP contribution is 2.20. The Bertz CT molecular complexity index is 302. The number of hydrogen-bond donors (Lipinski definition) is 2. The summed E-state index contributed by atoms with van der Waals surface area (Å²) in [5.41, 5.74) is 0.998. The molecule has 2 rings (SSSR count). The molecule has 1 aromatic rings. The molecule has 1 aliphatic heterocycles. The second kappa shape index (κ2) is 4.75. The second-order valence-electron chi connectivity index (χ2n) is 4.11. The molecule has 0 saturated carbocycles. The average Bonchev–Trinajstić information content (AvgIpc) is 2.30. The van der Waals surface area contributed by atoms with Crippen molar-refractivity contribution in [2.45, 2.75) is 12.1 Å². The Labute approximate surface area is 90.7 Å². The number of benzene rings is 1. The SMILES string of the molecule is CN1CCNCC1C(O)c1ccccc1. The molecule has 0 spiro atoms. The van der Waals surface area contributed by atoms with Crippen molar-refractivity contribution in [3.63, 3.8) is 0 Å². The predicted molar refractivity (Wildman–Crippen MR) is 60.7 cm³/mol. The van der Waals surface area contributed by atoms with Crippen LogP contribution < -0.4 is 5.32 Å². The molecular formula is C12H18N2O. The molecule has 3 nitrogen and oxygen atoms in total. The van der Waals surface area contributed by atoms with Crippen molar-refractivity contribution in [1.29, 1.82) is 0 Å². The summed E-state index contributed by atoms with van der Waals surface area (Å²) < 4.78 is 0. The molecule has 2 N–H and O–H groups in total. The monoisotopic (exact) mass is 206 g/mol. The Morgan fingerprint density at radius 3 is 2.80 bits per heavy atom. The van der Waals surface area contributed by atoms with Crippen LogP contribution in [0, 0.1) is 0 Å². The third-order valence-corrected chi connectivity index (χ3v) is 3.07. The van der Waals surface area contributed by atoms with Gasteiger partial charge in [0.25, 0.3) is 0 Å². The van der Waals surface area contributed by atoms with Crippen molar-refractivity contribution < 1.29 is 5.11 Å². The maximum absolute atomic E-state index is 10.2. The summed E-state index contributed by atoms with van der Waals surface area (Å²) in [6.45, 7) is 2.86. The summed E-state index contributed by atoms with van der Waals surface area (Å²) in [5.74, 6) is 0. The minimum absolute atomic E-state index is 0.182. The first-order valence-corrected chi connectivity index (χ1v) is 5.43. The lowest BCUT2D eigenvalue weighted by Crippen LogP contribution is -2.51. The topological polar surface area (TPSA) is 35.5 Å². The molecule has 82 valence electrons. The second-order valence-corrected chi connectivity index (χ2v) is 4.11. The normalized spacial score (nSPS) is 25.1. The van der Waals surface area contributed by atoms with Crippen LogP contribution in [-0.4, -0.2) is 42.7 Å². The zero-order valence-electron chi connectivity index (χ0n) is 9.06. The molecule has 0 radical (unpaired) electrons. The predicted octanol–water partition coefficient (Wildman–Crippen LogP) is 0.624. The fourth-order valence-corrected chi connectivity index (χ4v) is 2.05. The van der Waals surface area contributed by atoms with Crippen LogP contribution in [0.3, 0.4) is 0 Å². The van der Waals surface area contributed by atoms with E-state index < -0.39 is 6.10 Å². The van der Waals surface area contributed by atoms with Crippen LogP contribution in [0.15, 0.2) is 30.3 Å². The Kier molecular flexibility index (Phi) is 3.36. The van der Waals surface area contributed by atoms with Crippen molar-refractivity contribution in [3.05, 3.63) is 35.9 Å². The Morgan fingerprint density at radius 1 is 1.40 bits per heavy atom. The molecule has 2 unspecified atom stereocenters. The summed E-state index contributed by atoms with van der Waals surface area (Å²) in [4.78, 5) is 2.22. The van der Waals surface area contributed by atoms with Crippen LogP contribution in [0.1, 0.15) is 11.7 Å². The summed E-state index contributed by atoms with van der Waals surface area (Å²) in [6.07, 6.45) is -0.399. The third-order valence-electron chi connectivity index (χ3n) is 3.07. The standard InChI is InChI=1S/C12H18N2O/c1-14-8-7-13-9-11(14)12(15)10-5-3-2-4-6-10/h2-6,11-13,15H,7-9H2,1H3. The van der Waals surface area contributed by atoms with E-state index in [1.807, 2.05) is 30.3 Å². The Hall–Kier alpha value is -0.900. The molecule has 1 aliphatic rings. The number of piperazine rings is 1. The van der Waals surface area contributed by atoms with Gasteiger partial charge in [0.2, 0.25) is 0 Å². The molecule has 1 aromatic carbocycles. The fourth-order valence-electron chi connectivity index (χ4n) is 2.05. The van der Waals surface area contributed by atoms with E-state index >= 15 is 0 Å². The highest BCUT2D eigenvalue weighted by Gasteiger charge is 2.26. The maximum atomic E-state index is 10.2. The first kappa shape index (κ1) is 10.6. The van der Waals surface area contributed by atoms with E-state index in [0.29, 0.717) is 0 Å². The quantitative estimate of drug-likeness (QED) is 0.745. The van der Waals surface area contributed by atoms with Gasteiger partial charge in [-0.05, 0) is 12.6 Å². The number of aliphatic hydroxyl groups is 1. The van der Waals surface area contributed by atoms with Gasteiger partial charge in [-0.3, -0.25) is 4.90 Å². The lowest BCUT2D eigenvalue weighted by atomic mass is 10.00. The van der Waals surface area contributed by atoms with Crippen molar-refractivity contribution >= 4 is 0 Å². The van der Waals surface area contributed by atoms with Crippen molar-refractivity contribution in [3.8, 4) is 0 Å². The Balaban J connectivity index is 2.09. The zero-order chi connectivity index (χ0) is 10.7. The van der Waals surface area contributed by atoms with Crippen LogP contribution in [0.25, 0.3) is 0 Å². The lowest BCUT2D eigenvalue weighted by molar-refractivity contribution is 0.0487. The maximum Gasteiger partial charge on any atom is 0.0957 e. The van der Waals surface area contributed by atoms with E-state index in [1.165, 1.54) is 0 Å². The van der Waals surface area contributed by atoms with Crippen LogP contribution in [-0.2, 0) is 0 Å². The summed E-state index contributed by atoms with van der Waals surface area (Å²) >= 11 is 0. The van der Waals surface area contributed by atoms with Gasteiger partial charge in [0.15, 0.2) is 0 Å². The number of nitrogens with zero attached hydrogens (tertiary/aromatic N) is 1. The van der Waals surface area contributed by atoms with Crippen LogP contribution in [0.4, 0.5) is 0 Å². The van der Waals surface area contributed by atoms with Gasteiger partial charge >= 0.3 is 0 Å². The number of rotatable bonds is 2. The number of hydrogen-bond acceptors (Lipinski definition) is 3. The molecule has 1 saturated heterocycles. The molecule has 0 aliphatic carbocycles. The van der Waals surface area contributed by atoms with E-state index in [2.05, 4.69) is 17.3 Å². The largest absolute Gasteiger partial charge is 0.387 e. The number of likely N-dealkylation sites (N-methyl/N-ethyl adjacent to an activating group) is 1. The molecule has 15 heavy (non-hydrogen) atoms. The number of aliphatic hydroxyl groups excluding tert-OH is 1. The minimum Gasteiger partial charge on any atom is -0.387 e. The van der Waals surface area contributed by atoms with Crippen molar-refractivity contribution in [1.82, 2.24) is 10.2 Å². The van der Waals surface area contributed by atoms with Gasteiger partial charge < -0.3 is 10.4 Å². The van der Waals surface area contributed by atoms with E-state index in [4.69, 9.17) is 0 Å². The van der Waals surface area contributed by atoms with Gasteiger partial charge in [-0.1, -0.05) is 30.3 Å². The van der Waals surface area contributed by atoms with Crippen LogP contribution in [0.2, 0.25) is 0 Å². The smallest absolute Gasteiger partial charge is 0.0957 e. The van der Waals surface area contributed by atoms with E-state index in [-0.39, 0.29) is 6.04 Å². The zero-order valence-corrected chi connectivity index (χ0v) is 9.06. The first-order chi connectivity index (χ1) is 7.29. The highest BCUT2D eigenvalue weighted by atomic mass is 16.3. The molecule has 0 amide bonds. The van der Waals surface area contributed by atoms with Gasteiger partial charge in [0.05, 0.1) is 12.1 Å². The molecule has 1 fully saturated rings. The van der Waals surface area contributed by atoms with Crippen molar-refractivity contribution in [2.75, 3.05) is 26.7 Å². The summed E-state index contributed by atoms with van der Waals surface area (Å²) in [5, 5.41) is 13.5. The molecule has 0 aromatic heterocycles. The van der Waals surface area contributed by atoms with E-state index in [9.17, 15) is 5.11 Å². The fraction of sp³-hybridized carbons (Fsp3) is 0.500. The lowest BCUT2D eigenvalue weighted by Gasteiger charge is -2.36. The van der Waals surface area contributed by atoms with Gasteiger partial charge in [0, 0.05) is 19.6 Å². The third kappa shape index (κ3) is 2.37. The first-order valence-electron chi connectivity index (χ1n) is 5.43. The van der Waals surface area contributed by atoms with E-state index in [0.717, 1.165) is 25.2 Å². The molecule has 1 heterocycles. The van der Waals surface area contributed by atoms with Crippen LogP contribution in [0.5, 0.6) is 0 Å². The van der Waals surface area contributed by atoms with E-state index in [1.54, 1.807) is 0 Å². The van der Waals surface area contributed by atoms with Crippen molar-refractivity contribution in [2.24, 2.45) is 0 Å². The van der Waals surface area contributed by atoms with Crippen LogP contribution >= 0.6 is 0 Å². The highest BCUT2D eigenvalue weighted by molar-refractivity contribution is 5.19. The molecule has 0 bridgehead atoms. The molecular weight excluding hydrogens is 188 g/mol. The molecule has 2 atom stereocenters. The summed E-state index contributed by atoms with van der Waals surface area (Å²) in [6, 6.07) is 10.0. The average molecular weight is 206 g/mol. The van der Waals surface area contributed by atoms with Gasteiger partial charge in [-0.15, -0.1) is 0 Å². The van der Waals surface area contributed by atoms with Gasteiger partial charge in [-0.2, -0.15) is 0 Å². The Morgan fingerprint density at radius 2 is 2.13 bits per heavy atom. The van der Waals surface area contributed by atoms with Gasteiger partial charge in [-0.25, -0.2) is 0 Å². The summed E-state index contributed by atoms with van der Waals surface area (Å²) in [7, 11) is 2.07. The number of nitrogens with one attached hydrogen (secondary N) is 1. The minimum atomic E-state index is -0.399. The van der Waals surface area contributed by atoms with Gasteiger partial charge in [0.1, 0.15) is 0 Å². The molecule has 3 heteroatoms.